The normalized spacial score (nSPS) is 9.94. The van der Waals surface area contributed by atoms with Crippen LogP contribution in [0.2, 0.25) is 5.02 Å². The van der Waals surface area contributed by atoms with E-state index in [-0.39, 0.29) is 29.7 Å². The van der Waals surface area contributed by atoms with Crippen molar-refractivity contribution in [2.24, 2.45) is 0 Å². The Balaban J connectivity index is 2.94. The molecule has 0 aliphatic rings. The van der Waals surface area contributed by atoms with Gasteiger partial charge in [0.25, 0.3) is 0 Å². The molecule has 7 nitrogen and oxygen atoms in total. The molecule has 0 atom stereocenters. The molecule has 1 heterocycles. The second-order valence-corrected chi connectivity index (χ2v) is 3.85. The summed E-state index contributed by atoms with van der Waals surface area (Å²) in [5.74, 6) is -0.413. The molecule has 0 fully saturated rings. The third-order valence-corrected chi connectivity index (χ3v) is 2.25. The van der Waals surface area contributed by atoms with E-state index in [9.17, 15) is 14.9 Å². The molecule has 0 saturated carbocycles. The van der Waals surface area contributed by atoms with E-state index < -0.39 is 10.9 Å². The van der Waals surface area contributed by atoms with Crippen LogP contribution in [0.15, 0.2) is 12.3 Å². The molecular weight excluding hydrogens is 262 g/mol. The van der Waals surface area contributed by atoms with Crippen LogP contribution in [-0.2, 0) is 9.53 Å². The maximum atomic E-state index is 11.3. The number of nitrogens with zero attached hydrogens (tertiary/aromatic N) is 3. The van der Waals surface area contributed by atoms with Crippen molar-refractivity contribution in [2.45, 2.75) is 6.92 Å². The second kappa shape index (κ2) is 6.15. The molecule has 1 aromatic heterocycles. The Bertz CT molecular complexity index is 466. The largest absolute Gasteiger partial charge is 0.465 e. The summed E-state index contributed by atoms with van der Waals surface area (Å²) in [7, 11) is 1.51. The van der Waals surface area contributed by atoms with Gasteiger partial charge in [-0.05, 0) is 6.92 Å². The number of likely N-dealkylation sites (N-methyl/N-ethyl adjacent to an activating group) is 1. The van der Waals surface area contributed by atoms with Crippen molar-refractivity contribution in [2.75, 3.05) is 25.1 Å². The van der Waals surface area contributed by atoms with E-state index in [1.54, 1.807) is 6.92 Å². The van der Waals surface area contributed by atoms with Gasteiger partial charge in [0.15, 0.2) is 0 Å². The first kappa shape index (κ1) is 14.2. The van der Waals surface area contributed by atoms with Gasteiger partial charge >= 0.3 is 11.7 Å². The number of esters is 1. The van der Waals surface area contributed by atoms with Gasteiger partial charge in [0, 0.05) is 19.3 Å². The van der Waals surface area contributed by atoms with Gasteiger partial charge in [0.2, 0.25) is 5.82 Å². The lowest BCUT2D eigenvalue weighted by atomic mass is 10.3. The van der Waals surface area contributed by atoms with Gasteiger partial charge in [0.05, 0.1) is 16.6 Å². The number of carbonyl (C=O) groups excluding carboxylic acids is 1. The first-order valence-corrected chi connectivity index (χ1v) is 5.50. The topological polar surface area (TPSA) is 85.6 Å². The highest BCUT2D eigenvalue weighted by Gasteiger charge is 2.21. The average molecular weight is 274 g/mol. The highest BCUT2D eigenvalue weighted by Crippen LogP contribution is 2.27. The molecule has 0 spiro atoms. The van der Waals surface area contributed by atoms with Crippen LogP contribution in [0.5, 0.6) is 0 Å². The quantitative estimate of drug-likeness (QED) is 0.460. The molecule has 1 rings (SSSR count). The molecule has 8 heteroatoms. The van der Waals surface area contributed by atoms with Crippen LogP contribution < -0.4 is 4.90 Å². The SMILES string of the molecule is CCOC(=O)CN(C)c1ncc(Cl)cc1[N+](=O)[O-]. The monoisotopic (exact) mass is 273 g/mol. The van der Waals surface area contributed by atoms with Crippen LogP contribution in [0.4, 0.5) is 11.5 Å². The summed E-state index contributed by atoms with van der Waals surface area (Å²) in [4.78, 5) is 26.7. The molecule has 0 saturated heterocycles. The first-order valence-electron chi connectivity index (χ1n) is 5.12. The number of hydrogen-bond donors (Lipinski definition) is 0. The molecule has 0 radical (unpaired) electrons. The number of pyridine rings is 1. The summed E-state index contributed by atoms with van der Waals surface area (Å²) >= 11 is 5.64. The lowest BCUT2D eigenvalue weighted by molar-refractivity contribution is -0.384. The highest BCUT2D eigenvalue weighted by molar-refractivity contribution is 6.30. The zero-order valence-corrected chi connectivity index (χ0v) is 10.7. The lowest BCUT2D eigenvalue weighted by Crippen LogP contribution is -2.28. The van der Waals surface area contributed by atoms with Gasteiger partial charge in [-0.25, -0.2) is 4.98 Å². The molecule has 98 valence electrons. The smallest absolute Gasteiger partial charge is 0.325 e. The summed E-state index contributed by atoms with van der Waals surface area (Å²) in [6.45, 7) is 1.81. The van der Waals surface area contributed by atoms with E-state index in [4.69, 9.17) is 16.3 Å². The predicted molar refractivity (Wildman–Crippen MR) is 65.8 cm³/mol. The number of aromatic nitrogens is 1. The fourth-order valence-electron chi connectivity index (χ4n) is 1.32. The Morgan fingerprint density at radius 1 is 1.67 bits per heavy atom. The van der Waals surface area contributed by atoms with Gasteiger partial charge in [-0.3, -0.25) is 14.9 Å². The minimum absolute atomic E-state index is 0.0671. The van der Waals surface area contributed by atoms with E-state index in [1.807, 2.05) is 0 Å². The molecule has 0 aromatic carbocycles. The number of ether oxygens (including phenoxy) is 1. The highest BCUT2D eigenvalue weighted by atomic mass is 35.5. The maximum absolute atomic E-state index is 11.3. The third-order valence-electron chi connectivity index (χ3n) is 2.04. The van der Waals surface area contributed by atoms with Gasteiger partial charge in [-0.1, -0.05) is 11.6 Å². The van der Waals surface area contributed by atoms with Crippen molar-refractivity contribution in [3.8, 4) is 0 Å². The van der Waals surface area contributed by atoms with E-state index in [1.165, 1.54) is 24.2 Å². The van der Waals surface area contributed by atoms with Crippen molar-refractivity contribution in [1.29, 1.82) is 0 Å². The van der Waals surface area contributed by atoms with Crippen molar-refractivity contribution >= 4 is 29.1 Å². The minimum Gasteiger partial charge on any atom is -0.465 e. The molecule has 0 amide bonds. The first-order chi connectivity index (χ1) is 8.45. The lowest BCUT2D eigenvalue weighted by Gasteiger charge is -2.16. The molecule has 0 unspecified atom stereocenters. The number of anilines is 1. The van der Waals surface area contributed by atoms with Crippen molar-refractivity contribution in [3.05, 3.63) is 27.4 Å². The molecule has 18 heavy (non-hydrogen) atoms. The van der Waals surface area contributed by atoms with Crippen LogP contribution in [0.1, 0.15) is 6.92 Å². The zero-order valence-electron chi connectivity index (χ0n) is 9.92. The minimum atomic E-state index is -0.601. The molecular formula is C10H12ClN3O4. The number of halogens is 1. The van der Waals surface area contributed by atoms with Crippen LogP contribution >= 0.6 is 11.6 Å². The van der Waals surface area contributed by atoms with E-state index in [2.05, 4.69) is 4.98 Å². The Morgan fingerprint density at radius 2 is 2.33 bits per heavy atom. The van der Waals surface area contributed by atoms with Gasteiger partial charge in [-0.15, -0.1) is 0 Å². The summed E-state index contributed by atoms with van der Waals surface area (Å²) in [6, 6.07) is 1.19. The van der Waals surface area contributed by atoms with E-state index in [0.717, 1.165) is 0 Å². The van der Waals surface area contributed by atoms with Crippen LogP contribution in [-0.4, -0.2) is 36.1 Å². The number of nitro groups is 1. The van der Waals surface area contributed by atoms with Gasteiger partial charge in [-0.2, -0.15) is 0 Å². The standard InChI is InChI=1S/C10H12ClN3O4/c1-3-18-9(15)6-13(2)10-8(14(16)17)4-7(11)5-12-10/h4-5H,3,6H2,1-2H3. The Morgan fingerprint density at radius 3 is 2.89 bits per heavy atom. The Hall–Kier alpha value is -1.89. The summed E-state index contributed by atoms with van der Waals surface area (Å²) in [6.07, 6.45) is 1.28. The van der Waals surface area contributed by atoms with Crippen molar-refractivity contribution in [1.82, 2.24) is 4.98 Å². The summed E-state index contributed by atoms with van der Waals surface area (Å²) < 4.78 is 4.75. The van der Waals surface area contributed by atoms with Crippen molar-refractivity contribution in [3.63, 3.8) is 0 Å². The predicted octanol–water partition coefficient (Wildman–Crippen LogP) is 1.64. The van der Waals surface area contributed by atoms with Gasteiger partial charge in [0.1, 0.15) is 6.54 Å². The van der Waals surface area contributed by atoms with Crippen LogP contribution in [0, 0.1) is 10.1 Å². The summed E-state index contributed by atoms with van der Waals surface area (Å²) in [5, 5.41) is 11.0. The zero-order chi connectivity index (χ0) is 13.7. The van der Waals surface area contributed by atoms with Crippen molar-refractivity contribution < 1.29 is 14.5 Å². The van der Waals surface area contributed by atoms with Gasteiger partial charge < -0.3 is 9.64 Å². The summed E-state index contributed by atoms with van der Waals surface area (Å²) in [5.41, 5.74) is -0.255. The Kier molecular flexibility index (Phi) is 4.85. The maximum Gasteiger partial charge on any atom is 0.325 e. The number of hydrogen-bond acceptors (Lipinski definition) is 6. The molecule has 1 aromatic rings. The average Bonchev–Trinajstić information content (AvgIpc) is 2.28. The second-order valence-electron chi connectivity index (χ2n) is 3.41. The fourth-order valence-corrected chi connectivity index (χ4v) is 1.48. The molecule has 0 aliphatic heterocycles. The number of carbonyl (C=O) groups is 1. The van der Waals surface area contributed by atoms with Crippen LogP contribution in [0.25, 0.3) is 0 Å². The fraction of sp³-hybridized carbons (Fsp3) is 0.400. The van der Waals surface area contributed by atoms with Crippen LogP contribution in [0.3, 0.4) is 0 Å². The molecule has 0 N–H and O–H groups in total. The molecule has 0 bridgehead atoms. The molecule has 0 aliphatic carbocycles. The van der Waals surface area contributed by atoms with E-state index in [0.29, 0.717) is 0 Å². The number of rotatable bonds is 5. The van der Waals surface area contributed by atoms with E-state index >= 15 is 0 Å². The Labute approximate surface area is 108 Å². The third kappa shape index (κ3) is 3.56.